The van der Waals surface area contributed by atoms with Crippen LogP contribution >= 0.6 is 0 Å². The average molecular weight is 252 g/mol. The molecule has 0 aliphatic rings. The molecule has 1 aromatic rings. The molecule has 0 saturated heterocycles. The van der Waals surface area contributed by atoms with Gasteiger partial charge in [0.25, 0.3) is 0 Å². The molecule has 0 spiro atoms. The van der Waals surface area contributed by atoms with Crippen molar-refractivity contribution in [3.05, 3.63) is 30.1 Å². The number of hydrogen-bond donors (Lipinski definition) is 1. The monoisotopic (exact) mass is 252 g/mol. The Morgan fingerprint density at radius 3 is 2.44 bits per heavy atom. The predicted molar refractivity (Wildman–Crippen MR) is 76.7 cm³/mol. The Kier molecular flexibility index (Phi) is 6.73. The van der Waals surface area contributed by atoms with Crippen molar-refractivity contribution in [2.24, 2.45) is 0 Å². The predicted octanol–water partition coefficient (Wildman–Crippen LogP) is 3.43. The van der Waals surface area contributed by atoms with Gasteiger partial charge >= 0.3 is 0 Å². The van der Waals surface area contributed by atoms with Crippen LogP contribution in [0, 0.1) is 5.82 Å². The summed E-state index contributed by atoms with van der Waals surface area (Å²) in [5.41, 5.74) is 1.08. The van der Waals surface area contributed by atoms with E-state index in [1.165, 1.54) is 25.0 Å². The topological polar surface area (TPSA) is 15.3 Å². The quantitative estimate of drug-likeness (QED) is 0.762. The van der Waals surface area contributed by atoms with Crippen molar-refractivity contribution < 1.29 is 4.39 Å². The van der Waals surface area contributed by atoms with E-state index in [4.69, 9.17) is 0 Å². The van der Waals surface area contributed by atoms with E-state index < -0.39 is 0 Å². The van der Waals surface area contributed by atoms with Crippen LogP contribution in [-0.2, 0) is 0 Å². The SMILES string of the molecule is CCNC(CC)CCCN(C)c1ccc(F)cc1. The smallest absolute Gasteiger partial charge is 0.123 e. The first-order valence-corrected chi connectivity index (χ1v) is 6.87. The van der Waals surface area contributed by atoms with Crippen LogP contribution in [0.25, 0.3) is 0 Å². The lowest BCUT2D eigenvalue weighted by Gasteiger charge is -2.21. The third-order valence-corrected chi connectivity index (χ3v) is 3.30. The van der Waals surface area contributed by atoms with E-state index in [1.54, 1.807) is 0 Å². The third kappa shape index (κ3) is 5.05. The highest BCUT2D eigenvalue weighted by Crippen LogP contribution is 2.14. The van der Waals surface area contributed by atoms with Gasteiger partial charge in [-0.1, -0.05) is 13.8 Å². The van der Waals surface area contributed by atoms with E-state index >= 15 is 0 Å². The average Bonchev–Trinajstić information content (AvgIpc) is 2.38. The normalized spacial score (nSPS) is 12.4. The first-order chi connectivity index (χ1) is 8.67. The minimum absolute atomic E-state index is 0.176. The molecule has 1 rings (SSSR count). The number of nitrogens with zero attached hydrogens (tertiary/aromatic N) is 1. The molecule has 102 valence electrons. The van der Waals surface area contributed by atoms with Crippen LogP contribution in [-0.4, -0.2) is 26.2 Å². The van der Waals surface area contributed by atoms with Crippen molar-refractivity contribution >= 4 is 5.69 Å². The van der Waals surface area contributed by atoms with Gasteiger partial charge in [-0.3, -0.25) is 0 Å². The molecule has 2 nitrogen and oxygen atoms in total. The van der Waals surface area contributed by atoms with Crippen LogP contribution in [0.15, 0.2) is 24.3 Å². The highest BCUT2D eigenvalue weighted by molar-refractivity contribution is 5.45. The van der Waals surface area contributed by atoms with Crippen LogP contribution in [0.4, 0.5) is 10.1 Å². The van der Waals surface area contributed by atoms with Gasteiger partial charge in [0.2, 0.25) is 0 Å². The Morgan fingerprint density at radius 2 is 1.89 bits per heavy atom. The van der Waals surface area contributed by atoms with Crippen LogP contribution < -0.4 is 10.2 Å². The largest absolute Gasteiger partial charge is 0.375 e. The molecule has 1 unspecified atom stereocenters. The molecule has 0 saturated carbocycles. The summed E-state index contributed by atoms with van der Waals surface area (Å²) in [6.45, 7) is 6.41. The molecule has 18 heavy (non-hydrogen) atoms. The molecule has 0 heterocycles. The summed E-state index contributed by atoms with van der Waals surface area (Å²) in [7, 11) is 2.06. The standard InChI is InChI=1S/C15H25FN2/c1-4-14(17-5-2)7-6-12-18(3)15-10-8-13(16)9-11-15/h8-11,14,17H,4-7,12H2,1-3H3. The molecule has 0 aromatic heterocycles. The molecular formula is C15H25FN2. The molecular weight excluding hydrogens is 227 g/mol. The fourth-order valence-electron chi connectivity index (χ4n) is 2.14. The zero-order valence-corrected chi connectivity index (χ0v) is 11.7. The van der Waals surface area contributed by atoms with Gasteiger partial charge in [-0.2, -0.15) is 0 Å². The summed E-state index contributed by atoms with van der Waals surface area (Å²) in [5.74, 6) is -0.176. The van der Waals surface area contributed by atoms with Crippen molar-refractivity contribution in [2.75, 3.05) is 25.0 Å². The van der Waals surface area contributed by atoms with E-state index in [-0.39, 0.29) is 5.82 Å². The van der Waals surface area contributed by atoms with Crippen LogP contribution in [0.3, 0.4) is 0 Å². The van der Waals surface area contributed by atoms with Gasteiger partial charge in [-0.05, 0) is 50.1 Å². The van der Waals surface area contributed by atoms with Gasteiger partial charge in [-0.25, -0.2) is 4.39 Å². The maximum Gasteiger partial charge on any atom is 0.123 e. The molecule has 0 radical (unpaired) electrons. The van der Waals surface area contributed by atoms with Crippen molar-refractivity contribution in [3.63, 3.8) is 0 Å². The van der Waals surface area contributed by atoms with Gasteiger partial charge in [-0.15, -0.1) is 0 Å². The van der Waals surface area contributed by atoms with E-state index in [1.807, 2.05) is 12.1 Å². The molecule has 0 aliphatic heterocycles. The number of halogens is 1. The van der Waals surface area contributed by atoms with E-state index in [0.29, 0.717) is 6.04 Å². The summed E-state index contributed by atoms with van der Waals surface area (Å²) < 4.78 is 12.8. The van der Waals surface area contributed by atoms with Crippen molar-refractivity contribution in [1.29, 1.82) is 0 Å². The van der Waals surface area contributed by atoms with Gasteiger partial charge in [0.05, 0.1) is 0 Å². The lowest BCUT2D eigenvalue weighted by Crippen LogP contribution is -2.29. The van der Waals surface area contributed by atoms with Crippen LogP contribution in [0.5, 0.6) is 0 Å². The molecule has 0 amide bonds. The number of benzene rings is 1. The molecule has 0 aliphatic carbocycles. The highest BCUT2D eigenvalue weighted by Gasteiger charge is 2.05. The molecule has 1 N–H and O–H groups in total. The Bertz CT molecular complexity index is 324. The lowest BCUT2D eigenvalue weighted by atomic mass is 10.1. The van der Waals surface area contributed by atoms with Crippen LogP contribution in [0.1, 0.15) is 33.1 Å². The second kappa shape index (κ2) is 8.09. The summed E-state index contributed by atoms with van der Waals surface area (Å²) >= 11 is 0. The number of nitrogens with one attached hydrogen (secondary N) is 1. The minimum Gasteiger partial charge on any atom is -0.375 e. The minimum atomic E-state index is -0.176. The second-order valence-corrected chi connectivity index (χ2v) is 4.70. The van der Waals surface area contributed by atoms with Crippen molar-refractivity contribution in [2.45, 2.75) is 39.2 Å². The molecule has 3 heteroatoms. The molecule has 1 aromatic carbocycles. The molecule has 0 bridgehead atoms. The zero-order chi connectivity index (χ0) is 13.4. The Morgan fingerprint density at radius 1 is 1.22 bits per heavy atom. The summed E-state index contributed by atoms with van der Waals surface area (Å²) in [6, 6.07) is 7.31. The van der Waals surface area contributed by atoms with Gasteiger partial charge in [0, 0.05) is 25.3 Å². The summed E-state index contributed by atoms with van der Waals surface area (Å²) in [6.07, 6.45) is 3.52. The van der Waals surface area contributed by atoms with Crippen molar-refractivity contribution in [3.8, 4) is 0 Å². The first-order valence-electron chi connectivity index (χ1n) is 6.87. The van der Waals surface area contributed by atoms with E-state index in [2.05, 4.69) is 31.1 Å². The molecule has 0 fully saturated rings. The van der Waals surface area contributed by atoms with Gasteiger partial charge in [0.1, 0.15) is 5.82 Å². The highest BCUT2D eigenvalue weighted by atomic mass is 19.1. The summed E-state index contributed by atoms with van der Waals surface area (Å²) in [5, 5.41) is 3.49. The number of hydrogen-bond acceptors (Lipinski definition) is 2. The maximum atomic E-state index is 12.8. The third-order valence-electron chi connectivity index (χ3n) is 3.30. The van der Waals surface area contributed by atoms with Gasteiger partial charge in [0.15, 0.2) is 0 Å². The fraction of sp³-hybridized carbons (Fsp3) is 0.600. The Hall–Kier alpha value is -1.09. The number of rotatable bonds is 8. The first kappa shape index (κ1) is 15.0. The second-order valence-electron chi connectivity index (χ2n) is 4.70. The van der Waals surface area contributed by atoms with Gasteiger partial charge < -0.3 is 10.2 Å². The maximum absolute atomic E-state index is 12.8. The van der Waals surface area contributed by atoms with Crippen LogP contribution in [0.2, 0.25) is 0 Å². The fourth-order valence-corrected chi connectivity index (χ4v) is 2.14. The Labute approximate surface area is 110 Å². The van der Waals surface area contributed by atoms with E-state index in [9.17, 15) is 4.39 Å². The summed E-state index contributed by atoms with van der Waals surface area (Å²) in [4.78, 5) is 2.18. The lowest BCUT2D eigenvalue weighted by molar-refractivity contribution is 0.468. The zero-order valence-electron chi connectivity index (χ0n) is 11.7. The molecule has 1 atom stereocenters. The Balaban J connectivity index is 2.32. The van der Waals surface area contributed by atoms with Crippen molar-refractivity contribution in [1.82, 2.24) is 5.32 Å². The van der Waals surface area contributed by atoms with E-state index in [0.717, 1.165) is 25.2 Å². The number of anilines is 1.